The number of carboxylic acid groups (broad SMARTS) is 1. The molecule has 0 aliphatic carbocycles. The monoisotopic (exact) mass is 249 g/mol. The molecule has 0 unspecified atom stereocenters. The van der Waals surface area contributed by atoms with Crippen molar-refractivity contribution in [3.8, 4) is 0 Å². The highest BCUT2D eigenvalue weighted by Crippen LogP contribution is 2.12. The maximum atomic E-state index is 11.7. The molecule has 2 aromatic rings. The molecule has 7 heteroatoms. The van der Waals surface area contributed by atoms with Gasteiger partial charge in [0.2, 0.25) is 0 Å². The predicted molar refractivity (Wildman–Crippen MR) is 61.3 cm³/mol. The number of hydrogen-bond donors (Lipinski definition) is 2. The number of aromatic nitrogens is 2. The normalized spacial score (nSPS) is 9.88. The van der Waals surface area contributed by atoms with Crippen molar-refractivity contribution in [3.05, 3.63) is 40.5 Å². The summed E-state index contributed by atoms with van der Waals surface area (Å²) in [7, 11) is 0. The Morgan fingerprint density at radius 3 is 2.82 bits per heavy atom. The van der Waals surface area contributed by atoms with Crippen LogP contribution in [0.3, 0.4) is 0 Å². The lowest BCUT2D eigenvalue weighted by Gasteiger charge is -2.05. The molecule has 86 valence electrons. The summed E-state index contributed by atoms with van der Waals surface area (Å²) in [4.78, 5) is 30.2. The molecule has 0 bridgehead atoms. The van der Waals surface area contributed by atoms with E-state index in [0.29, 0.717) is 0 Å². The lowest BCUT2D eigenvalue weighted by atomic mass is 10.2. The van der Waals surface area contributed by atoms with Gasteiger partial charge in [0.15, 0.2) is 0 Å². The summed E-state index contributed by atoms with van der Waals surface area (Å²) < 4.78 is 0. The predicted octanol–water partition coefficient (Wildman–Crippen LogP) is 1.49. The minimum atomic E-state index is -1.15. The van der Waals surface area contributed by atoms with Gasteiger partial charge in [0.25, 0.3) is 5.91 Å². The highest BCUT2D eigenvalue weighted by atomic mass is 32.1. The summed E-state index contributed by atoms with van der Waals surface area (Å²) in [5.41, 5.74) is 1.69. The van der Waals surface area contributed by atoms with E-state index in [1.807, 2.05) is 0 Å². The van der Waals surface area contributed by atoms with Gasteiger partial charge in [0.1, 0.15) is 17.1 Å². The van der Waals surface area contributed by atoms with Crippen LogP contribution < -0.4 is 5.32 Å². The Labute approximate surface area is 100.0 Å². The van der Waals surface area contributed by atoms with Crippen LogP contribution in [0.5, 0.6) is 0 Å². The molecule has 0 aliphatic heterocycles. The van der Waals surface area contributed by atoms with Gasteiger partial charge in [-0.15, -0.1) is 11.3 Å². The molecular formula is C10H7N3O3S. The first-order chi connectivity index (χ1) is 8.18. The molecular weight excluding hydrogens is 242 g/mol. The highest BCUT2D eigenvalue weighted by molar-refractivity contribution is 7.07. The van der Waals surface area contributed by atoms with Gasteiger partial charge in [-0.25, -0.2) is 14.8 Å². The molecule has 0 aliphatic rings. The smallest absolute Gasteiger partial charge is 0.339 e. The van der Waals surface area contributed by atoms with E-state index in [1.54, 1.807) is 5.38 Å². The van der Waals surface area contributed by atoms with E-state index >= 15 is 0 Å². The second-order valence-corrected chi connectivity index (χ2v) is 3.75. The molecule has 1 amide bonds. The third-order valence-electron chi connectivity index (χ3n) is 1.94. The third kappa shape index (κ3) is 2.45. The van der Waals surface area contributed by atoms with Gasteiger partial charge in [0.05, 0.1) is 5.51 Å². The van der Waals surface area contributed by atoms with E-state index in [9.17, 15) is 9.59 Å². The number of carboxylic acids is 1. The number of thiazole rings is 1. The van der Waals surface area contributed by atoms with Crippen molar-refractivity contribution in [2.45, 2.75) is 0 Å². The van der Waals surface area contributed by atoms with Crippen LogP contribution in [-0.2, 0) is 0 Å². The van der Waals surface area contributed by atoms with Crippen molar-refractivity contribution >= 4 is 29.0 Å². The molecule has 2 aromatic heterocycles. The summed E-state index contributed by atoms with van der Waals surface area (Å²) in [6, 6.07) is 2.86. The maximum absolute atomic E-state index is 11.7. The number of rotatable bonds is 3. The van der Waals surface area contributed by atoms with Crippen molar-refractivity contribution in [2.24, 2.45) is 0 Å². The number of hydrogen-bond acceptors (Lipinski definition) is 5. The molecule has 17 heavy (non-hydrogen) atoms. The Morgan fingerprint density at radius 1 is 1.35 bits per heavy atom. The standard InChI is InChI=1S/C10H7N3O3S/c14-9(7-4-17-5-12-7)13-8-6(10(15)16)2-1-3-11-8/h1-5H,(H,15,16)(H,11,13,14). The minimum absolute atomic E-state index is 0.0120. The number of anilines is 1. The van der Waals surface area contributed by atoms with Gasteiger partial charge in [0, 0.05) is 11.6 Å². The summed E-state index contributed by atoms with van der Waals surface area (Å²) >= 11 is 1.28. The Bertz CT molecular complexity index is 554. The van der Waals surface area contributed by atoms with Crippen LogP contribution in [0.1, 0.15) is 20.8 Å². The van der Waals surface area contributed by atoms with Gasteiger partial charge in [-0.2, -0.15) is 0 Å². The number of aromatic carboxylic acids is 1. The van der Waals surface area contributed by atoms with Crippen molar-refractivity contribution in [1.82, 2.24) is 9.97 Å². The zero-order valence-corrected chi connectivity index (χ0v) is 9.27. The molecule has 0 atom stereocenters. The first-order valence-electron chi connectivity index (χ1n) is 4.56. The van der Waals surface area contributed by atoms with E-state index in [-0.39, 0.29) is 17.1 Å². The Balaban J connectivity index is 2.25. The molecule has 0 fully saturated rings. The van der Waals surface area contributed by atoms with Gasteiger partial charge in [-0.1, -0.05) is 0 Å². The number of carbonyl (C=O) groups excluding carboxylic acids is 1. The molecule has 0 spiro atoms. The lowest BCUT2D eigenvalue weighted by molar-refractivity contribution is 0.0697. The van der Waals surface area contributed by atoms with Gasteiger partial charge in [-0.05, 0) is 12.1 Å². The van der Waals surface area contributed by atoms with Crippen LogP contribution in [0.25, 0.3) is 0 Å². The number of pyridine rings is 1. The number of nitrogens with zero attached hydrogens (tertiary/aromatic N) is 2. The first-order valence-corrected chi connectivity index (χ1v) is 5.50. The largest absolute Gasteiger partial charge is 0.478 e. The molecule has 0 aromatic carbocycles. The second kappa shape index (κ2) is 4.71. The summed E-state index contributed by atoms with van der Waals surface area (Å²) in [6.07, 6.45) is 1.41. The molecule has 2 heterocycles. The fraction of sp³-hybridized carbons (Fsp3) is 0. The van der Waals surface area contributed by atoms with Crippen LogP contribution >= 0.6 is 11.3 Å². The lowest BCUT2D eigenvalue weighted by Crippen LogP contribution is -2.16. The molecule has 2 N–H and O–H groups in total. The van der Waals surface area contributed by atoms with Gasteiger partial charge >= 0.3 is 5.97 Å². The average molecular weight is 249 g/mol. The Kier molecular flexibility index (Phi) is 3.10. The zero-order valence-electron chi connectivity index (χ0n) is 8.45. The van der Waals surface area contributed by atoms with Gasteiger partial charge in [-0.3, -0.25) is 4.79 Å². The fourth-order valence-electron chi connectivity index (χ4n) is 1.17. The van der Waals surface area contributed by atoms with Crippen LogP contribution in [0, 0.1) is 0 Å². The summed E-state index contributed by atoms with van der Waals surface area (Å²) in [5, 5.41) is 12.9. The van der Waals surface area contributed by atoms with E-state index < -0.39 is 11.9 Å². The first kappa shape index (κ1) is 11.2. The van der Waals surface area contributed by atoms with Gasteiger partial charge < -0.3 is 10.4 Å². The summed E-state index contributed by atoms with van der Waals surface area (Å²) in [5.74, 6) is -1.61. The summed E-state index contributed by atoms with van der Waals surface area (Å²) in [6.45, 7) is 0. The molecule has 6 nitrogen and oxygen atoms in total. The van der Waals surface area contributed by atoms with E-state index in [1.165, 1.54) is 35.2 Å². The zero-order chi connectivity index (χ0) is 12.3. The van der Waals surface area contributed by atoms with Crippen LogP contribution in [0.4, 0.5) is 5.82 Å². The second-order valence-electron chi connectivity index (χ2n) is 3.03. The molecule has 0 radical (unpaired) electrons. The van der Waals surface area contributed by atoms with Crippen molar-refractivity contribution < 1.29 is 14.7 Å². The van der Waals surface area contributed by atoms with E-state index in [0.717, 1.165) is 0 Å². The highest BCUT2D eigenvalue weighted by Gasteiger charge is 2.14. The Hall–Kier alpha value is -2.28. The van der Waals surface area contributed by atoms with E-state index in [4.69, 9.17) is 5.11 Å². The quantitative estimate of drug-likeness (QED) is 0.859. The van der Waals surface area contributed by atoms with Crippen molar-refractivity contribution in [2.75, 3.05) is 5.32 Å². The van der Waals surface area contributed by atoms with Crippen molar-refractivity contribution in [3.63, 3.8) is 0 Å². The SMILES string of the molecule is O=C(Nc1ncccc1C(=O)O)c1cscn1. The Morgan fingerprint density at radius 2 is 2.18 bits per heavy atom. The number of carbonyl (C=O) groups is 2. The number of amides is 1. The molecule has 0 saturated heterocycles. The van der Waals surface area contributed by atoms with E-state index in [2.05, 4.69) is 15.3 Å². The maximum Gasteiger partial charge on any atom is 0.339 e. The molecule has 0 saturated carbocycles. The minimum Gasteiger partial charge on any atom is -0.478 e. The third-order valence-corrected chi connectivity index (χ3v) is 2.52. The fourth-order valence-corrected chi connectivity index (χ4v) is 1.71. The topological polar surface area (TPSA) is 92.2 Å². The van der Waals surface area contributed by atoms with Crippen LogP contribution in [-0.4, -0.2) is 27.0 Å². The van der Waals surface area contributed by atoms with Crippen LogP contribution in [0.15, 0.2) is 29.2 Å². The van der Waals surface area contributed by atoms with Crippen LogP contribution in [0.2, 0.25) is 0 Å². The average Bonchev–Trinajstić information content (AvgIpc) is 2.83. The molecule has 2 rings (SSSR count). The number of nitrogens with one attached hydrogen (secondary N) is 1. The van der Waals surface area contributed by atoms with Crippen molar-refractivity contribution in [1.29, 1.82) is 0 Å².